The number of hydrogen-bond donors (Lipinski definition) is 1. The van der Waals surface area contributed by atoms with E-state index in [1.54, 1.807) is 27.0 Å². The second-order valence-corrected chi connectivity index (χ2v) is 8.32. The number of fused-ring (bicyclic) bond motifs is 1. The Bertz CT molecular complexity index is 724. The highest BCUT2D eigenvalue weighted by Crippen LogP contribution is 2.40. The van der Waals surface area contributed by atoms with E-state index in [4.69, 9.17) is 4.74 Å². The van der Waals surface area contributed by atoms with Gasteiger partial charge in [0.25, 0.3) is 11.7 Å². The molecule has 0 bridgehead atoms. The summed E-state index contributed by atoms with van der Waals surface area (Å²) in [5.41, 5.74) is 0.251. The zero-order valence-electron chi connectivity index (χ0n) is 13.4. The number of β-lactam (4-membered cyclic amide) rings is 1. The number of ketones is 1. The summed E-state index contributed by atoms with van der Waals surface area (Å²) in [5, 5.41) is 10.3. The van der Waals surface area contributed by atoms with Crippen molar-refractivity contribution >= 4 is 41.2 Å². The summed E-state index contributed by atoms with van der Waals surface area (Å²) >= 11 is 2.74. The molecule has 24 heavy (non-hydrogen) atoms. The number of nitrogens with one attached hydrogen (secondary N) is 1. The van der Waals surface area contributed by atoms with E-state index in [2.05, 4.69) is 15.4 Å². The SMILES string of the molecule is CC(C)(C)OC(=O)C1=C(CSc2cn[nH]n2)CS[C@@H]2C(=O)C(=O)N12. The molecule has 2 aliphatic rings. The molecule has 1 N–H and O–H groups in total. The molecular weight excluding hydrogens is 352 g/mol. The number of rotatable bonds is 4. The lowest BCUT2D eigenvalue weighted by atomic mass is 10.1. The van der Waals surface area contributed by atoms with Crippen molar-refractivity contribution in [3.05, 3.63) is 17.5 Å². The molecule has 8 nitrogen and oxygen atoms in total. The number of thioether (sulfide) groups is 2. The smallest absolute Gasteiger partial charge is 0.355 e. The Balaban J connectivity index is 1.87. The minimum Gasteiger partial charge on any atom is -0.455 e. The molecule has 1 amide bonds. The van der Waals surface area contributed by atoms with Crippen LogP contribution in [0.3, 0.4) is 0 Å². The van der Waals surface area contributed by atoms with Gasteiger partial charge in [0, 0.05) is 11.5 Å². The molecule has 3 heterocycles. The maximum Gasteiger partial charge on any atom is 0.355 e. The van der Waals surface area contributed by atoms with Gasteiger partial charge in [-0.3, -0.25) is 14.5 Å². The summed E-state index contributed by atoms with van der Waals surface area (Å²) in [6.45, 7) is 5.27. The van der Waals surface area contributed by atoms with Crippen molar-refractivity contribution < 1.29 is 19.1 Å². The van der Waals surface area contributed by atoms with Gasteiger partial charge in [-0.25, -0.2) is 4.79 Å². The van der Waals surface area contributed by atoms with Gasteiger partial charge in [-0.2, -0.15) is 10.3 Å². The average Bonchev–Trinajstić information content (AvgIpc) is 3.02. The number of hydrogen-bond acceptors (Lipinski definition) is 8. The van der Waals surface area contributed by atoms with Crippen LogP contribution in [0.25, 0.3) is 0 Å². The largest absolute Gasteiger partial charge is 0.455 e. The van der Waals surface area contributed by atoms with Crippen LogP contribution in [0.15, 0.2) is 22.5 Å². The van der Waals surface area contributed by atoms with Crippen LogP contribution < -0.4 is 0 Å². The summed E-state index contributed by atoms with van der Waals surface area (Å²) in [7, 11) is 0. The minimum absolute atomic E-state index is 0.189. The molecule has 1 aromatic rings. The van der Waals surface area contributed by atoms with Gasteiger partial charge in [-0.15, -0.1) is 16.9 Å². The van der Waals surface area contributed by atoms with E-state index in [0.717, 1.165) is 5.57 Å². The number of aromatic amines is 1. The third kappa shape index (κ3) is 3.20. The molecule has 0 aliphatic carbocycles. The molecule has 0 radical (unpaired) electrons. The van der Waals surface area contributed by atoms with Gasteiger partial charge < -0.3 is 4.74 Å². The molecule has 3 rings (SSSR count). The monoisotopic (exact) mass is 368 g/mol. The van der Waals surface area contributed by atoms with Gasteiger partial charge in [-0.1, -0.05) is 11.8 Å². The fraction of sp³-hybridized carbons (Fsp3) is 0.500. The van der Waals surface area contributed by atoms with Crippen LogP contribution in [0.1, 0.15) is 20.8 Å². The van der Waals surface area contributed by atoms with Gasteiger partial charge in [0.1, 0.15) is 16.3 Å². The Labute approximate surface area is 146 Å². The first-order chi connectivity index (χ1) is 11.3. The van der Waals surface area contributed by atoms with Crippen molar-refractivity contribution in [3.63, 3.8) is 0 Å². The third-order valence-electron chi connectivity index (χ3n) is 3.26. The molecule has 0 aromatic carbocycles. The number of ether oxygens (including phenoxy) is 1. The molecule has 0 saturated carbocycles. The van der Waals surface area contributed by atoms with Gasteiger partial charge in [0.2, 0.25) is 0 Å². The number of Topliss-reactive ketones (excluding diaryl/α,β-unsaturated/α-hetero) is 1. The quantitative estimate of drug-likeness (QED) is 0.363. The number of carbonyl (C=O) groups excluding carboxylic acids is 3. The van der Waals surface area contributed by atoms with E-state index in [1.807, 2.05) is 0 Å². The van der Waals surface area contributed by atoms with Crippen molar-refractivity contribution in [2.75, 3.05) is 11.5 Å². The van der Waals surface area contributed by atoms with Crippen LogP contribution in [0, 0.1) is 0 Å². The van der Waals surface area contributed by atoms with E-state index in [0.29, 0.717) is 16.5 Å². The molecule has 1 fully saturated rings. The van der Waals surface area contributed by atoms with Crippen LogP contribution >= 0.6 is 23.5 Å². The van der Waals surface area contributed by atoms with Crippen LogP contribution in [-0.4, -0.2) is 60.5 Å². The highest BCUT2D eigenvalue weighted by Gasteiger charge is 2.53. The number of nitrogens with zero attached hydrogens (tertiary/aromatic N) is 3. The van der Waals surface area contributed by atoms with Gasteiger partial charge in [0.15, 0.2) is 5.37 Å². The van der Waals surface area contributed by atoms with Crippen LogP contribution in [-0.2, 0) is 19.1 Å². The minimum atomic E-state index is -0.688. The van der Waals surface area contributed by atoms with Crippen molar-refractivity contribution in [2.45, 2.75) is 36.8 Å². The summed E-state index contributed by atoms with van der Waals surface area (Å²) in [4.78, 5) is 37.5. The first kappa shape index (κ1) is 17.0. The Morgan fingerprint density at radius 3 is 2.88 bits per heavy atom. The Kier molecular flexibility index (Phi) is 4.43. The molecular formula is C14H16N4O4S2. The predicted octanol–water partition coefficient (Wildman–Crippen LogP) is 0.977. The predicted molar refractivity (Wildman–Crippen MR) is 88.1 cm³/mol. The van der Waals surface area contributed by atoms with E-state index in [9.17, 15) is 14.4 Å². The molecule has 10 heteroatoms. The van der Waals surface area contributed by atoms with Crippen molar-refractivity contribution in [1.29, 1.82) is 0 Å². The summed E-state index contributed by atoms with van der Waals surface area (Å²) in [6.07, 6.45) is 1.58. The second-order valence-electron chi connectivity index (χ2n) is 6.25. The fourth-order valence-corrected chi connectivity index (χ4v) is 4.39. The van der Waals surface area contributed by atoms with Crippen molar-refractivity contribution in [3.8, 4) is 0 Å². The fourth-order valence-electron chi connectivity index (χ4n) is 2.27. The van der Waals surface area contributed by atoms with E-state index in [1.165, 1.54) is 28.4 Å². The molecule has 1 atom stereocenters. The number of esters is 1. The number of carbonyl (C=O) groups is 3. The highest BCUT2D eigenvalue weighted by molar-refractivity contribution is 8.01. The topological polar surface area (TPSA) is 105 Å². The van der Waals surface area contributed by atoms with Crippen molar-refractivity contribution in [2.24, 2.45) is 0 Å². The molecule has 0 spiro atoms. The maximum atomic E-state index is 12.6. The number of aromatic nitrogens is 3. The van der Waals surface area contributed by atoms with Crippen LogP contribution in [0.5, 0.6) is 0 Å². The van der Waals surface area contributed by atoms with Gasteiger partial charge in [0.05, 0.1) is 6.20 Å². The molecule has 2 aliphatic heterocycles. The van der Waals surface area contributed by atoms with Crippen LogP contribution in [0.2, 0.25) is 0 Å². The number of amides is 1. The third-order valence-corrected chi connectivity index (χ3v) is 5.50. The summed E-state index contributed by atoms with van der Waals surface area (Å²) in [6, 6.07) is 0. The standard InChI is InChI=1S/C14H16N4O4S2/c1-14(2,3)22-13(21)9-7(5-23-8-4-15-17-16-8)6-24-12-10(19)11(20)18(9)12/h4,12H,5-6H2,1-3H3,(H,15,16,17)/t12-/m1/s1. The summed E-state index contributed by atoms with van der Waals surface area (Å²) in [5.74, 6) is -0.760. The molecule has 0 unspecified atom stereocenters. The summed E-state index contributed by atoms with van der Waals surface area (Å²) < 4.78 is 5.43. The zero-order chi connectivity index (χ0) is 17.5. The molecule has 1 saturated heterocycles. The Hall–Kier alpha value is -1.81. The lowest BCUT2D eigenvalue weighted by molar-refractivity contribution is -0.161. The average molecular weight is 368 g/mol. The lowest BCUT2D eigenvalue weighted by Gasteiger charge is -2.43. The highest BCUT2D eigenvalue weighted by atomic mass is 32.2. The van der Waals surface area contributed by atoms with Gasteiger partial charge in [-0.05, 0) is 26.3 Å². The number of H-pyrrole nitrogens is 1. The first-order valence-corrected chi connectivity index (χ1v) is 9.24. The van der Waals surface area contributed by atoms with E-state index < -0.39 is 28.6 Å². The normalized spacial score (nSPS) is 20.8. The molecule has 1 aromatic heterocycles. The van der Waals surface area contributed by atoms with Gasteiger partial charge >= 0.3 is 5.97 Å². The first-order valence-electron chi connectivity index (χ1n) is 7.21. The second kappa shape index (κ2) is 6.25. The van der Waals surface area contributed by atoms with Crippen LogP contribution in [0.4, 0.5) is 0 Å². The Morgan fingerprint density at radius 1 is 1.50 bits per heavy atom. The maximum absolute atomic E-state index is 12.6. The lowest BCUT2D eigenvalue weighted by Crippen LogP contribution is -2.62. The van der Waals surface area contributed by atoms with E-state index >= 15 is 0 Å². The van der Waals surface area contributed by atoms with Crippen molar-refractivity contribution in [1.82, 2.24) is 20.3 Å². The Morgan fingerprint density at radius 2 is 2.25 bits per heavy atom. The zero-order valence-corrected chi connectivity index (χ0v) is 15.0. The van der Waals surface area contributed by atoms with E-state index in [-0.39, 0.29) is 5.70 Å². The molecule has 128 valence electrons.